The normalized spacial score (nSPS) is 9.83. The van der Waals surface area contributed by atoms with Crippen LogP contribution in [0.5, 0.6) is 0 Å². The maximum Gasteiger partial charge on any atom is 0.317 e. The third-order valence-electron chi connectivity index (χ3n) is 2.31. The lowest BCUT2D eigenvalue weighted by molar-refractivity contribution is 0.208. The molecule has 0 radical (unpaired) electrons. The zero-order chi connectivity index (χ0) is 13.4. The minimum Gasteiger partial charge on any atom is -0.338 e. The number of nitrogens with zero attached hydrogens (tertiary/aromatic N) is 2. The van der Waals surface area contributed by atoms with Crippen molar-refractivity contribution >= 4 is 17.4 Å². The van der Waals surface area contributed by atoms with Gasteiger partial charge >= 0.3 is 6.03 Å². The lowest BCUT2D eigenvalue weighted by atomic mass is 10.3. The molecule has 0 aliphatic rings. The van der Waals surface area contributed by atoms with Gasteiger partial charge in [-0.3, -0.25) is 0 Å². The largest absolute Gasteiger partial charge is 0.338 e. The van der Waals surface area contributed by atoms with Gasteiger partial charge in [0.15, 0.2) is 0 Å². The van der Waals surface area contributed by atoms with Crippen LogP contribution in [0.3, 0.4) is 0 Å². The maximum absolute atomic E-state index is 11.8. The summed E-state index contributed by atoms with van der Waals surface area (Å²) in [5, 5.41) is 5.94. The van der Waals surface area contributed by atoms with E-state index in [0.29, 0.717) is 19.6 Å². The molecular weight excluding hydrogens is 246 g/mol. The van der Waals surface area contributed by atoms with Crippen molar-refractivity contribution in [3.63, 3.8) is 0 Å². The summed E-state index contributed by atoms with van der Waals surface area (Å²) < 4.78 is 0. The van der Waals surface area contributed by atoms with Crippen LogP contribution in [-0.2, 0) is 6.42 Å². The average Bonchev–Trinajstić information content (AvgIpc) is 2.75. The number of nitrogens with one attached hydrogen (secondary N) is 1. The monoisotopic (exact) mass is 265 g/mol. The number of aryl methyl sites for hydroxylation is 1. The first kappa shape index (κ1) is 14.4. The van der Waals surface area contributed by atoms with Gasteiger partial charge in [0.05, 0.1) is 10.7 Å². The van der Waals surface area contributed by atoms with Crippen LogP contribution >= 0.6 is 11.3 Å². The number of amides is 2. The molecule has 0 spiro atoms. The summed E-state index contributed by atoms with van der Waals surface area (Å²) in [5.74, 6) is 0. The summed E-state index contributed by atoms with van der Waals surface area (Å²) in [6.45, 7) is 10.9. The molecule has 4 nitrogen and oxygen atoms in total. The van der Waals surface area contributed by atoms with Gasteiger partial charge in [-0.1, -0.05) is 12.2 Å². The fourth-order valence-corrected chi connectivity index (χ4v) is 2.13. The molecule has 0 unspecified atom stereocenters. The molecule has 0 aromatic carbocycles. The Morgan fingerprint density at radius 3 is 2.67 bits per heavy atom. The molecule has 0 saturated carbocycles. The lowest BCUT2D eigenvalue weighted by Gasteiger charge is -2.19. The fraction of sp³-hybridized carbons (Fsp3) is 0.385. The van der Waals surface area contributed by atoms with E-state index in [2.05, 4.69) is 23.5 Å². The molecule has 1 aromatic rings. The first-order chi connectivity index (χ1) is 8.67. The first-order valence-electron chi connectivity index (χ1n) is 5.83. The van der Waals surface area contributed by atoms with Gasteiger partial charge in [0.1, 0.15) is 0 Å². The van der Waals surface area contributed by atoms with E-state index in [1.165, 1.54) is 0 Å². The number of carbonyl (C=O) groups is 1. The van der Waals surface area contributed by atoms with Crippen molar-refractivity contribution in [1.29, 1.82) is 0 Å². The minimum atomic E-state index is -0.0956. The Kier molecular flexibility index (Phi) is 6.14. The van der Waals surface area contributed by atoms with Crippen molar-refractivity contribution in [2.75, 3.05) is 19.6 Å². The fourth-order valence-electron chi connectivity index (χ4n) is 1.48. The van der Waals surface area contributed by atoms with Gasteiger partial charge in [-0.25, -0.2) is 9.78 Å². The Labute approximate surface area is 112 Å². The van der Waals surface area contributed by atoms with Crippen LogP contribution in [0.25, 0.3) is 0 Å². The molecule has 0 aliphatic carbocycles. The van der Waals surface area contributed by atoms with Gasteiger partial charge in [-0.05, 0) is 6.92 Å². The third-order valence-corrected chi connectivity index (χ3v) is 3.13. The highest BCUT2D eigenvalue weighted by molar-refractivity contribution is 7.09. The van der Waals surface area contributed by atoms with Crippen LogP contribution < -0.4 is 5.32 Å². The van der Waals surface area contributed by atoms with E-state index in [0.717, 1.165) is 17.1 Å². The van der Waals surface area contributed by atoms with Crippen LogP contribution in [-0.4, -0.2) is 35.5 Å². The van der Waals surface area contributed by atoms with Gasteiger partial charge in [-0.2, -0.15) is 0 Å². The molecule has 0 saturated heterocycles. The first-order valence-corrected chi connectivity index (χ1v) is 6.71. The number of carbonyl (C=O) groups excluding carboxylic acids is 1. The Balaban J connectivity index is 2.34. The van der Waals surface area contributed by atoms with E-state index in [1.807, 2.05) is 12.3 Å². The minimum absolute atomic E-state index is 0.0956. The summed E-state index contributed by atoms with van der Waals surface area (Å²) in [7, 11) is 0. The number of hydrogen-bond acceptors (Lipinski definition) is 3. The number of urea groups is 1. The number of hydrogen-bond donors (Lipinski definition) is 1. The zero-order valence-corrected chi connectivity index (χ0v) is 11.5. The van der Waals surface area contributed by atoms with Crippen molar-refractivity contribution in [3.8, 4) is 0 Å². The number of rotatable bonds is 7. The molecule has 0 bridgehead atoms. The van der Waals surface area contributed by atoms with Crippen LogP contribution in [0.1, 0.15) is 10.7 Å². The highest BCUT2D eigenvalue weighted by atomic mass is 32.1. The molecule has 0 atom stereocenters. The molecule has 1 rings (SSSR count). The zero-order valence-electron chi connectivity index (χ0n) is 10.7. The lowest BCUT2D eigenvalue weighted by Crippen LogP contribution is -2.40. The maximum atomic E-state index is 11.8. The van der Waals surface area contributed by atoms with Gasteiger partial charge < -0.3 is 10.2 Å². The summed E-state index contributed by atoms with van der Waals surface area (Å²) in [5.41, 5.74) is 1.02. The SMILES string of the molecule is C=CCN(CC=C)C(=O)NCCc1csc(C)n1. The van der Waals surface area contributed by atoms with Crippen molar-refractivity contribution < 1.29 is 4.79 Å². The van der Waals surface area contributed by atoms with Gasteiger partial charge in [-0.15, -0.1) is 24.5 Å². The van der Waals surface area contributed by atoms with Crippen molar-refractivity contribution in [2.24, 2.45) is 0 Å². The molecule has 5 heteroatoms. The number of thiazole rings is 1. The molecule has 0 aliphatic heterocycles. The second-order valence-corrected chi connectivity index (χ2v) is 4.88. The molecular formula is C13H19N3OS. The molecule has 1 aromatic heterocycles. The van der Waals surface area contributed by atoms with Gasteiger partial charge in [0.25, 0.3) is 0 Å². The van der Waals surface area contributed by atoms with Crippen molar-refractivity contribution in [2.45, 2.75) is 13.3 Å². The molecule has 1 N–H and O–H groups in total. The van der Waals surface area contributed by atoms with Gasteiger partial charge in [0.2, 0.25) is 0 Å². The van der Waals surface area contributed by atoms with Crippen LogP contribution in [0.15, 0.2) is 30.7 Å². The Morgan fingerprint density at radius 2 is 2.17 bits per heavy atom. The Hall–Kier alpha value is -1.62. The standard InChI is InChI=1S/C13H19N3OS/c1-4-8-16(9-5-2)13(17)14-7-6-12-10-18-11(3)15-12/h4-5,10H,1-2,6-9H2,3H3,(H,14,17). The number of aromatic nitrogens is 1. The second-order valence-electron chi connectivity index (χ2n) is 3.82. The van der Waals surface area contributed by atoms with Crippen LogP contribution in [0.4, 0.5) is 4.79 Å². The van der Waals surface area contributed by atoms with E-state index < -0.39 is 0 Å². The summed E-state index contributed by atoms with van der Waals surface area (Å²) in [6, 6.07) is -0.0956. The highest BCUT2D eigenvalue weighted by Crippen LogP contribution is 2.07. The smallest absolute Gasteiger partial charge is 0.317 e. The molecule has 98 valence electrons. The molecule has 1 heterocycles. The predicted octanol–water partition coefficient (Wildman–Crippen LogP) is 2.38. The Bertz CT molecular complexity index is 404. The topological polar surface area (TPSA) is 45.2 Å². The van der Waals surface area contributed by atoms with E-state index in [-0.39, 0.29) is 6.03 Å². The quantitative estimate of drug-likeness (QED) is 0.769. The van der Waals surface area contributed by atoms with Crippen LogP contribution in [0.2, 0.25) is 0 Å². The summed E-state index contributed by atoms with van der Waals surface area (Å²) in [6.07, 6.45) is 4.16. The average molecular weight is 265 g/mol. The summed E-state index contributed by atoms with van der Waals surface area (Å²) >= 11 is 1.63. The van der Waals surface area contributed by atoms with E-state index in [4.69, 9.17) is 0 Å². The van der Waals surface area contributed by atoms with Crippen molar-refractivity contribution in [3.05, 3.63) is 41.4 Å². The van der Waals surface area contributed by atoms with E-state index in [1.54, 1.807) is 28.4 Å². The van der Waals surface area contributed by atoms with Gasteiger partial charge in [0, 0.05) is 31.4 Å². The molecule has 2 amide bonds. The highest BCUT2D eigenvalue weighted by Gasteiger charge is 2.09. The Morgan fingerprint density at radius 1 is 1.50 bits per heavy atom. The molecule has 0 fully saturated rings. The van der Waals surface area contributed by atoms with E-state index >= 15 is 0 Å². The van der Waals surface area contributed by atoms with E-state index in [9.17, 15) is 4.79 Å². The molecule has 18 heavy (non-hydrogen) atoms. The summed E-state index contributed by atoms with van der Waals surface area (Å²) in [4.78, 5) is 17.8. The predicted molar refractivity (Wildman–Crippen MR) is 75.9 cm³/mol. The van der Waals surface area contributed by atoms with Crippen LogP contribution in [0, 0.1) is 6.92 Å². The van der Waals surface area contributed by atoms with Crippen molar-refractivity contribution in [1.82, 2.24) is 15.2 Å². The second kappa shape index (κ2) is 7.66. The third kappa shape index (κ3) is 4.71.